The summed E-state index contributed by atoms with van der Waals surface area (Å²) in [6.45, 7) is -0.217. The van der Waals surface area contributed by atoms with Gasteiger partial charge in [0.05, 0.1) is 10.5 Å². The average Bonchev–Trinajstić information content (AvgIpc) is 3.12. The highest BCUT2D eigenvalue weighted by Gasteiger charge is 2.36. The number of hydrogen-bond acceptors (Lipinski definition) is 6. The standard InChI is InChI=1S/C26H19BrN2O6S/c27-19-9-11-20(12-10-19)28-23(30)14-29-24(31)22(36-26(29)34)13-18-3-1-2-4-21(18)35-15-16-5-7-17(8-6-16)25(32)33/h1-13H,14-15H2,(H,28,30)(H,32,33)/b22-13-. The molecule has 8 nitrogen and oxygen atoms in total. The van der Waals surface area contributed by atoms with Crippen LogP contribution in [-0.2, 0) is 16.2 Å². The van der Waals surface area contributed by atoms with Gasteiger partial charge in [-0.15, -0.1) is 0 Å². The lowest BCUT2D eigenvalue weighted by molar-refractivity contribution is -0.127. The molecule has 0 unspecified atom stereocenters. The molecule has 1 fully saturated rings. The van der Waals surface area contributed by atoms with Crippen molar-refractivity contribution in [2.75, 3.05) is 11.9 Å². The number of carboxylic acids is 1. The lowest BCUT2D eigenvalue weighted by Gasteiger charge is -2.12. The number of halogens is 1. The molecule has 0 saturated carbocycles. The van der Waals surface area contributed by atoms with Crippen molar-refractivity contribution in [3.05, 3.63) is 98.9 Å². The molecule has 1 aliphatic rings. The smallest absolute Gasteiger partial charge is 0.335 e. The minimum absolute atomic E-state index is 0.179. The fourth-order valence-electron chi connectivity index (χ4n) is 3.29. The molecular formula is C26H19BrN2O6S. The molecule has 0 radical (unpaired) electrons. The molecule has 3 aromatic carbocycles. The molecule has 182 valence electrons. The molecule has 0 atom stereocenters. The van der Waals surface area contributed by atoms with Crippen LogP contribution in [0.5, 0.6) is 5.75 Å². The first-order valence-electron chi connectivity index (χ1n) is 10.6. The zero-order valence-corrected chi connectivity index (χ0v) is 21.0. The highest BCUT2D eigenvalue weighted by molar-refractivity contribution is 9.10. The van der Waals surface area contributed by atoms with Crippen LogP contribution in [0.3, 0.4) is 0 Å². The van der Waals surface area contributed by atoms with Crippen LogP contribution < -0.4 is 10.1 Å². The molecule has 4 rings (SSSR count). The normalized spacial score (nSPS) is 14.2. The van der Waals surface area contributed by atoms with E-state index in [0.29, 0.717) is 17.0 Å². The third kappa shape index (κ3) is 6.21. The molecule has 36 heavy (non-hydrogen) atoms. The number of thioether (sulfide) groups is 1. The largest absolute Gasteiger partial charge is 0.488 e. The molecule has 0 aromatic heterocycles. The molecule has 0 aliphatic carbocycles. The first-order chi connectivity index (χ1) is 17.3. The van der Waals surface area contributed by atoms with E-state index in [0.717, 1.165) is 26.7 Å². The van der Waals surface area contributed by atoms with E-state index in [1.165, 1.54) is 12.1 Å². The Hall–Kier alpha value is -3.89. The van der Waals surface area contributed by atoms with Crippen LogP contribution in [0.2, 0.25) is 0 Å². The van der Waals surface area contributed by atoms with E-state index in [1.807, 2.05) is 0 Å². The van der Waals surface area contributed by atoms with Crippen molar-refractivity contribution < 1.29 is 29.0 Å². The first-order valence-corrected chi connectivity index (χ1v) is 12.3. The highest BCUT2D eigenvalue weighted by atomic mass is 79.9. The van der Waals surface area contributed by atoms with Gasteiger partial charge < -0.3 is 15.2 Å². The average molecular weight is 567 g/mol. The number of anilines is 1. The number of carbonyl (C=O) groups is 4. The number of imide groups is 1. The number of para-hydroxylation sites is 1. The fraction of sp³-hybridized carbons (Fsp3) is 0.0769. The third-order valence-electron chi connectivity index (χ3n) is 5.10. The summed E-state index contributed by atoms with van der Waals surface area (Å²) in [5.74, 6) is -1.57. The van der Waals surface area contributed by atoms with Crippen LogP contribution in [0.4, 0.5) is 10.5 Å². The zero-order chi connectivity index (χ0) is 25.7. The number of hydrogen-bond donors (Lipinski definition) is 2. The van der Waals surface area contributed by atoms with Gasteiger partial charge in [0, 0.05) is 15.7 Å². The summed E-state index contributed by atoms with van der Waals surface area (Å²) in [5.41, 5.74) is 2.09. The molecule has 0 bridgehead atoms. The van der Waals surface area contributed by atoms with Crippen molar-refractivity contribution in [2.24, 2.45) is 0 Å². The Morgan fingerprint density at radius 2 is 1.69 bits per heavy atom. The first kappa shape index (κ1) is 25.2. The lowest BCUT2D eigenvalue weighted by atomic mass is 10.1. The number of rotatable bonds is 8. The molecule has 1 saturated heterocycles. The topological polar surface area (TPSA) is 113 Å². The summed E-state index contributed by atoms with van der Waals surface area (Å²) in [4.78, 5) is 49.8. The van der Waals surface area contributed by atoms with Gasteiger partial charge >= 0.3 is 5.97 Å². The molecule has 1 aliphatic heterocycles. The third-order valence-corrected chi connectivity index (χ3v) is 6.54. The second kappa shape index (κ2) is 11.2. The number of aromatic carboxylic acids is 1. The van der Waals surface area contributed by atoms with Crippen molar-refractivity contribution in [1.82, 2.24) is 4.90 Å². The molecular weight excluding hydrogens is 548 g/mol. The highest BCUT2D eigenvalue weighted by Crippen LogP contribution is 2.34. The Labute approximate surface area is 219 Å². The second-order valence-corrected chi connectivity index (χ2v) is 9.56. The number of benzene rings is 3. The maximum atomic E-state index is 12.9. The number of nitrogens with one attached hydrogen (secondary N) is 1. The van der Waals surface area contributed by atoms with Gasteiger partial charge in [-0.1, -0.05) is 46.3 Å². The van der Waals surface area contributed by atoms with Gasteiger partial charge in [-0.3, -0.25) is 19.3 Å². The van der Waals surface area contributed by atoms with Gasteiger partial charge in [0.2, 0.25) is 5.91 Å². The van der Waals surface area contributed by atoms with Crippen LogP contribution in [0, 0.1) is 0 Å². The molecule has 3 aromatic rings. The minimum Gasteiger partial charge on any atom is -0.488 e. The van der Waals surface area contributed by atoms with Crippen LogP contribution in [0.15, 0.2) is 82.2 Å². The predicted octanol–water partition coefficient (Wildman–Crippen LogP) is 5.40. The molecule has 10 heteroatoms. The van der Waals surface area contributed by atoms with E-state index >= 15 is 0 Å². The Bertz CT molecular complexity index is 1360. The number of carboxylic acid groups (broad SMARTS) is 1. The summed E-state index contributed by atoms with van der Waals surface area (Å²) in [7, 11) is 0. The summed E-state index contributed by atoms with van der Waals surface area (Å²) in [6, 6.07) is 20.3. The van der Waals surface area contributed by atoms with Crippen molar-refractivity contribution in [3.63, 3.8) is 0 Å². The quantitative estimate of drug-likeness (QED) is 0.351. The van der Waals surface area contributed by atoms with E-state index in [9.17, 15) is 19.2 Å². The number of amides is 3. The number of carbonyl (C=O) groups excluding carboxylic acids is 3. The van der Waals surface area contributed by atoms with Crippen LogP contribution in [0.25, 0.3) is 6.08 Å². The van der Waals surface area contributed by atoms with Gasteiger partial charge in [0.15, 0.2) is 0 Å². The summed E-state index contributed by atoms with van der Waals surface area (Å²) >= 11 is 4.07. The maximum Gasteiger partial charge on any atom is 0.335 e. The summed E-state index contributed by atoms with van der Waals surface area (Å²) in [5, 5.41) is 11.2. The predicted molar refractivity (Wildman–Crippen MR) is 140 cm³/mol. The van der Waals surface area contributed by atoms with Crippen molar-refractivity contribution >= 4 is 62.5 Å². The lowest BCUT2D eigenvalue weighted by Crippen LogP contribution is -2.36. The van der Waals surface area contributed by atoms with Gasteiger partial charge in [-0.2, -0.15) is 0 Å². The fourth-order valence-corrected chi connectivity index (χ4v) is 4.38. The second-order valence-electron chi connectivity index (χ2n) is 7.65. The van der Waals surface area contributed by atoms with E-state index in [-0.39, 0.29) is 17.1 Å². The van der Waals surface area contributed by atoms with Crippen molar-refractivity contribution in [3.8, 4) is 5.75 Å². The van der Waals surface area contributed by atoms with Crippen molar-refractivity contribution in [2.45, 2.75) is 6.61 Å². The van der Waals surface area contributed by atoms with E-state index in [4.69, 9.17) is 9.84 Å². The van der Waals surface area contributed by atoms with E-state index in [2.05, 4.69) is 21.2 Å². The molecule has 3 amide bonds. The Morgan fingerprint density at radius 1 is 1.00 bits per heavy atom. The summed E-state index contributed by atoms with van der Waals surface area (Å²) < 4.78 is 6.74. The molecule has 0 spiro atoms. The zero-order valence-electron chi connectivity index (χ0n) is 18.6. The molecule has 1 heterocycles. The monoisotopic (exact) mass is 566 g/mol. The summed E-state index contributed by atoms with van der Waals surface area (Å²) in [6.07, 6.45) is 1.56. The Balaban J connectivity index is 1.43. The van der Waals surface area contributed by atoms with E-state index in [1.54, 1.807) is 66.7 Å². The SMILES string of the molecule is O=C(CN1C(=O)S/C(=C\c2ccccc2OCc2ccc(C(=O)O)cc2)C1=O)Nc1ccc(Br)cc1. The van der Waals surface area contributed by atoms with Crippen LogP contribution >= 0.6 is 27.7 Å². The van der Waals surface area contributed by atoms with Crippen LogP contribution in [0.1, 0.15) is 21.5 Å². The Kier molecular flexibility index (Phi) is 7.87. The van der Waals surface area contributed by atoms with Gasteiger partial charge in [-0.25, -0.2) is 4.79 Å². The molecule has 2 N–H and O–H groups in total. The Morgan fingerprint density at radius 3 is 2.39 bits per heavy atom. The number of ether oxygens (including phenoxy) is 1. The van der Waals surface area contributed by atoms with Gasteiger partial charge in [-0.05, 0) is 65.9 Å². The van der Waals surface area contributed by atoms with Gasteiger partial charge in [0.25, 0.3) is 11.1 Å². The van der Waals surface area contributed by atoms with Gasteiger partial charge in [0.1, 0.15) is 18.9 Å². The maximum absolute atomic E-state index is 12.9. The van der Waals surface area contributed by atoms with Crippen LogP contribution in [-0.4, -0.2) is 39.6 Å². The van der Waals surface area contributed by atoms with Crippen molar-refractivity contribution in [1.29, 1.82) is 0 Å². The minimum atomic E-state index is -1.01. The van der Waals surface area contributed by atoms with E-state index < -0.39 is 29.6 Å². The number of nitrogens with zero attached hydrogens (tertiary/aromatic N) is 1.